The number of fused-ring (bicyclic) bond motifs is 2. The Morgan fingerprint density at radius 1 is 0.600 bits per heavy atom. The molecule has 0 aliphatic rings. The summed E-state index contributed by atoms with van der Waals surface area (Å²) in [6.45, 7) is 9.85. The molecule has 60 heavy (non-hydrogen) atoms. The highest BCUT2D eigenvalue weighted by molar-refractivity contribution is 7.87. The van der Waals surface area contributed by atoms with Gasteiger partial charge in [0.1, 0.15) is 26.7 Å². The molecule has 0 saturated carbocycles. The van der Waals surface area contributed by atoms with Gasteiger partial charge in [0.25, 0.3) is 9.04 Å². The molecule has 0 aliphatic carbocycles. The summed E-state index contributed by atoms with van der Waals surface area (Å²) < 4.78 is 84.7. The number of rotatable bonds is 15. The molecule has 11 nitrogen and oxygen atoms in total. The van der Waals surface area contributed by atoms with Gasteiger partial charge in [0.2, 0.25) is 0 Å². The molecule has 7 aromatic rings. The first-order valence-corrected chi connectivity index (χ1v) is 23.8. The van der Waals surface area contributed by atoms with Gasteiger partial charge in [0.05, 0.1) is 21.9 Å². The molecule has 7 rings (SSSR count). The van der Waals surface area contributed by atoms with Gasteiger partial charge in [0, 0.05) is 12.5 Å². The third-order valence-corrected chi connectivity index (χ3v) is 15.1. The average Bonchev–Trinajstić information content (AvgIpc) is 3.20. The lowest BCUT2D eigenvalue weighted by Crippen LogP contribution is -2.25. The molecule has 0 bridgehead atoms. The maximum atomic E-state index is 14.1. The Labute approximate surface area is 350 Å². The zero-order valence-corrected chi connectivity index (χ0v) is 36.3. The Morgan fingerprint density at radius 2 is 1.08 bits per heavy atom. The molecule has 0 unspecified atom stereocenters. The summed E-state index contributed by atoms with van der Waals surface area (Å²) in [6.07, 6.45) is 1.12. The lowest BCUT2D eigenvalue weighted by Gasteiger charge is -2.20. The summed E-state index contributed by atoms with van der Waals surface area (Å²) in [7, 11) is -10.5. The van der Waals surface area contributed by atoms with Crippen LogP contribution < -0.4 is 24.0 Å². The van der Waals surface area contributed by atoms with Crippen LogP contribution in [0.2, 0.25) is 11.6 Å². The quantitative estimate of drug-likeness (QED) is 0.0550. The SMILES string of the molecule is Cc1ccc(CCC[Si](Oc2ccc3c(OS(=O)(=O)c4ccc(C)cc4)c(Cc4c(OS(=O)(=O)c5ccc(C)cc5)c5ccccc5oc4=O)c(=O)oc3c2)C(C)C)cc1. The minimum atomic E-state index is -4.59. The molecule has 0 N–H and O–H groups in total. The van der Waals surface area contributed by atoms with Crippen LogP contribution in [-0.2, 0) is 33.1 Å². The van der Waals surface area contributed by atoms with Crippen molar-refractivity contribution in [3.8, 4) is 17.2 Å². The van der Waals surface area contributed by atoms with Gasteiger partial charge in [-0.15, -0.1) is 0 Å². The highest BCUT2D eigenvalue weighted by Crippen LogP contribution is 2.37. The minimum absolute atomic E-state index is 0.0225. The summed E-state index contributed by atoms with van der Waals surface area (Å²) in [4.78, 5) is 27.5. The van der Waals surface area contributed by atoms with Crippen molar-refractivity contribution in [3.63, 3.8) is 0 Å². The monoisotopic (exact) mass is 863 g/mol. The van der Waals surface area contributed by atoms with E-state index in [1.54, 1.807) is 56.3 Å². The van der Waals surface area contributed by atoms with Crippen LogP contribution in [0.5, 0.6) is 17.2 Å². The van der Waals surface area contributed by atoms with E-state index < -0.39 is 64.0 Å². The van der Waals surface area contributed by atoms with Gasteiger partial charge < -0.3 is 21.6 Å². The first-order chi connectivity index (χ1) is 28.6. The number of benzene rings is 5. The molecule has 0 atom stereocenters. The predicted molar refractivity (Wildman–Crippen MR) is 232 cm³/mol. The van der Waals surface area contributed by atoms with Crippen molar-refractivity contribution >= 4 is 51.2 Å². The molecule has 0 fully saturated rings. The van der Waals surface area contributed by atoms with Crippen molar-refractivity contribution in [3.05, 3.63) is 169 Å². The maximum Gasteiger partial charge on any atom is 0.343 e. The van der Waals surface area contributed by atoms with Gasteiger partial charge in [-0.2, -0.15) is 16.8 Å². The summed E-state index contributed by atoms with van der Waals surface area (Å²) in [5.74, 6) is -0.389. The van der Waals surface area contributed by atoms with E-state index in [-0.39, 0.29) is 42.8 Å². The van der Waals surface area contributed by atoms with Gasteiger partial charge in [-0.3, -0.25) is 0 Å². The largest absolute Gasteiger partial charge is 0.542 e. The fraction of sp³-hybridized carbons (Fsp3) is 0.217. The number of para-hydroxylation sites is 1. The zero-order chi connectivity index (χ0) is 42.8. The smallest absolute Gasteiger partial charge is 0.343 e. The first-order valence-electron chi connectivity index (χ1n) is 19.3. The molecule has 1 radical (unpaired) electrons. The first kappa shape index (κ1) is 42.2. The molecule has 309 valence electrons. The van der Waals surface area contributed by atoms with Gasteiger partial charge in [-0.05, 0) is 99.3 Å². The highest BCUT2D eigenvalue weighted by atomic mass is 32.2. The summed E-state index contributed by atoms with van der Waals surface area (Å²) in [5, 5.41) is 0.205. The predicted octanol–water partition coefficient (Wildman–Crippen LogP) is 9.36. The lowest BCUT2D eigenvalue weighted by atomic mass is 10.0. The molecule has 0 saturated heterocycles. The van der Waals surface area contributed by atoms with Crippen molar-refractivity contribution in [1.82, 2.24) is 0 Å². The average molecular weight is 864 g/mol. The highest BCUT2D eigenvalue weighted by Gasteiger charge is 2.30. The molecule has 2 heterocycles. The van der Waals surface area contributed by atoms with Gasteiger partial charge >= 0.3 is 31.5 Å². The van der Waals surface area contributed by atoms with Gasteiger partial charge in [-0.1, -0.05) is 91.2 Å². The van der Waals surface area contributed by atoms with Crippen LogP contribution >= 0.6 is 0 Å². The van der Waals surface area contributed by atoms with Gasteiger partial charge in [-0.25, -0.2) is 9.59 Å². The van der Waals surface area contributed by atoms with E-state index in [9.17, 15) is 26.4 Å². The van der Waals surface area contributed by atoms with E-state index in [2.05, 4.69) is 45.0 Å². The lowest BCUT2D eigenvalue weighted by molar-refractivity contribution is 0.471. The maximum absolute atomic E-state index is 14.1. The molecule has 0 amide bonds. The fourth-order valence-electron chi connectivity index (χ4n) is 6.64. The van der Waals surface area contributed by atoms with E-state index in [1.165, 1.54) is 59.7 Å². The number of aryl methyl sites for hydroxylation is 4. The molecule has 2 aromatic heterocycles. The molecule has 5 aromatic carbocycles. The van der Waals surface area contributed by atoms with Gasteiger partial charge in [0.15, 0.2) is 11.5 Å². The van der Waals surface area contributed by atoms with E-state index in [1.807, 2.05) is 0 Å². The second kappa shape index (κ2) is 17.3. The molecule has 0 spiro atoms. The van der Waals surface area contributed by atoms with Crippen LogP contribution in [0.1, 0.15) is 53.6 Å². The second-order valence-corrected chi connectivity index (χ2v) is 20.9. The third kappa shape index (κ3) is 9.41. The van der Waals surface area contributed by atoms with Crippen molar-refractivity contribution in [1.29, 1.82) is 0 Å². The van der Waals surface area contributed by atoms with Crippen molar-refractivity contribution in [2.24, 2.45) is 0 Å². The zero-order valence-electron chi connectivity index (χ0n) is 33.7. The van der Waals surface area contributed by atoms with Crippen LogP contribution in [0.3, 0.4) is 0 Å². The topological polar surface area (TPSA) is 156 Å². The van der Waals surface area contributed by atoms with E-state index in [4.69, 9.17) is 21.6 Å². The van der Waals surface area contributed by atoms with E-state index in [0.717, 1.165) is 30.0 Å². The Bertz CT molecular complexity index is 3030. The van der Waals surface area contributed by atoms with Crippen LogP contribution in [0.4, 0.5) is 0 Å². The van der Waals surface area contributed by atoms with Crippen molar-refractivity contribution in [2.75, 3.05) is 0 Å². The Balaban J connectivity index is 1.31. The van der Waals surface area contributed by atoms with Crippen LogP contribution in [0, 0.1) is 20.8 Å². The van der Waals surface area contributed by atoms with Crippen molar-refractivity contribution < 1.29 is 38.5 Å². The summed E-state index contributed by atoms with van der Waals surface area (Å²) >= 11 is 0. The Kier molecular flexibility index (Phi) is 12.2. The molecule has 14 heteroatoms. The van der Waals surface area contributed by atoms with Crippen LogP contribution in [0.25, 0.3) is 21.9 Å². The van der Waals surface area contributed by atoms with Crippen molar-refractivity contribution in [2.45, 2.75) is 75.3 Å². The standard InChI is InChI=1S/C46H43O11S2Si/c1-29(2)60(26-8-9-33-18-12-30(3)13-19-33)57-34-20-25-38-42(27-34)54-46(48)40(44(38)56-59(51,52)36-23-16-32(5)17-24-36)28-39-43(37-10-6-7-11-41(37)53-45(39)47)55-58(49,50)35-21-14-31(4)15-22-35/h6-7,10-25,27,29H,8-9,26,28H2,1-5H3. The molecule has 0 aliphatic heterocycles. The number of hydrogen-bond donors (Lipinski definition) is 0. The summed E-state index contributed by atoms with van der Waals surface area (Å²) in [6, 6.07) is 32.0. The third-order valence-electron chi connectivity index (χ3n) is 10.0. The summed E-state index contributed by atoms with van der Waals surface area (Å²) in [5.41, 5.74) is 1.45. The number of hydrogen-bond acceptors (Lipinski definition) is 11. The molecular formula is C46H43O11S2Si. The Hall–Kier alpha value is -5.96. The Morgan fingerprint density at radius 3 is 1.62 bits per heavy atom. The second-order valence-electron chi connectivity index (χ2n) is 15.0. The molecular weight excluding hydrogens is 821 g/mol. The van der Waals surface area contributed by atoms with E-state index in [0.29, 0.717) is 5.75 Å². The van der Waals surface area contributed by atoms with E-state index >= 15 is 0 Å². The van der Waals surface area contributed by atoms with Crippen LogP contribution in [-0.4, -0.2) is 25.9 Å². The van der Waals surface area contributed by atoms with Crippen LogP contribution in [0.15, 0.2) is 143 Å². The normalized spacial score (nSPS) is 12.1. The minimum Gasteiger partial charge on any atom is -0.542 e. The fourth-order valence-corrected chi connectivity index (χ4v) is 10.5.